The first-order valence-corrected chi connectivity index (χ1v) is 6.49. The standard InChI is InChI=1S/C14H21NO2/c1-2-3-8-15-9-4-5-12-6-7-13-14(10-12)17-11-16-13/h6-7,10,15H,2-5,8-9,11H2,1H3. The van der Waals surface area contributed by atoms with Crippen molar-refractivity contribution in [3.8, 4) is 11.5 Å². The minimum absolute atomic E-state index is 0.358. The molecule has 1 aliphatic rings. The van der Waals surface area contributed by atoms with E-state index in [9.17, 15) is 0 Å². The first-order valence-electron chi connectivity index (χ1n) is 6.49. The second-order valence-electron chi connectivity index (χ2n) is 4.39. The zero-order chi connectivity index (χ0) is 11.9. The van der Waals surface area contributed by atoms with Crippen LogP contribution in [0.3, 0.4) is 0 Å². The second-order valence-corrected chi connectivity index (χ2v) is 4.39. The van der Waals surface area contributed by atoms with Crippen LogP contribution in [0.4, 0.5) is 0 Å². The lowest BCUT2D eigenvalue weighted by atomic mass is 10.1. The third-order valence-corrected chi connectivity index (χ3v) is 2.96. The minimum Gasteiger partial charge on any atom is -0.454 e. The highest BCUT2D eigenvalue weighted by Crippen LogP contribution is 2.32. The predicted molar refractivity (Wildman–Crippen MR) is 68.7 cm³/mol. The molecule has 1 aromatic carbocycles. The van der Waals surface area contributed by atoms with E-state index in [4.69, 9.17) is 9.47 Å². The molecule has 17 heavy (non-hydrogen) atoms. The van der Waals surface area contributed by atoms with Crippen LogP contribution in [-0.4, -0.2) is 19.9 Å². The van der Waals surface area contributed by atoms with Crippen molar-refractivity contribution in [2.24, 2.45) is 0 Å². The first-order chi connectivity index (χ1) is 8.40. The fourth-order valence-electron chi connectivity index (χ4n) is 1.94. The van der Waals surface area contributed by atoms with Crippen LogP contribution in [0.15, 0.2) is 18.2 Å². The van der Waals surface area contributed by atoms with Crippen molar-refractivity contribution in [3.05, 3.63) is 23.8 Å². The molecule has 0 fully saturated rings. The Labute approximate surface area is 103 Å². The van der Waals surface area contributed by atoms with Crippen molar-refractivity contribution in [1.29, 1.82) is 0 Å². The molecule has 0 aromatic heterocycles. The van der Waals surface area contributed by atoms with E-state index in [0.717, 1.165) is 31.0 Å². The zero-order valence-electron chi connectivity index (χ0n) is 10.5. The Balaban J connectivity index is 1.69. The van der Waals surface area contributed by atoms with Crippen LogP contribution >= 0.6 is 0 Å². The lowest BCUT2D eigenvalue weighted by Gasteiger charge is -2.05. The highest BCUT2D eigenvalue weighted by molar-refractivity contribution is 5.44. The van der Waals surface area contributed by atoms with Crippen molar-refractivity contribution >= 4 is 0 Å². The number of aryl methyl sites for hydroxylation is 1. The summed E-state index contributed by atoms with van der Waals surface area (Å²) in [4.78, 5) is 0. The third-order valence-electron chi connectivity index (χ3n) is 2.96. The van der Waals surface area contributed by atoms with Gasteiger partial charge in [-0.1, -0.05) is 19.4 Å². The summed E-state index contributed by atoms with van der Waals surface area (Å²) in [5, 5.41) is 3.45. The topological polar surface area (TPSA) is 30.5 Å². The number of fused-ring (bicyclic) bond motifs is 1. The van der Waals surface area contributed by atoms with E-state index in [1.807, 2.05) is 6.07 Å². The van der Waals surface area contributed by atoms with Crippen molar-refractivity contribution in [2.75, 3.05) is 19.9 Å². The van der Waals surface area contributed by atoms with Crippen LogP contribution in [0.5, 0.6) is 11.5 Å². The molecule has 1 aromatic rings. The van der Waals surface area contributed by atoms with Gasteiger partial charge >= 0.3 is 0 Å². The van der Waals surface area contributed by atoms with E-state index < -0.39 is 0 Å². The van der Waals surface area contributed by atoms with Crippen molar-refractivity contribution in [3.63, 3.8) is 0 Å². The summed E-state index contributed by atoms with van der Waals surface area (Å²) >= 11 is 0. The fraction of sp³-hybridized carbons (Fsp3) is 0.571. The molecule has 0 atom stereocenters. The number of rotatable bonds is 7. The van der Waals surface area contributed by atoms with Crippen molar-refractivity contribution < 1.29 is 9.47 Å². The van der Waals surface area contributed by atoms with Crippen LogP contribution in [0, 0.1) is 0 Å². The van der Waals surface area contributed by atoms with E-state index in [0.29, 0.717) is 6.79 Å². The molecule has 1 heterocycles. The Bertz CT molecular complexity index is 352. The Kier molecular flexibility index (Phi) is 4.68. The smallest absolute Gasteiger partial charge is 0.231 e. The van der Waals surface area contributed by atoms with E-state index in [2.05, 4.69) is 24.4 Å². The molecule has 0 amide bonds. The van der Waals surface area contributed by atoms with Gasteiger partial charge in [-0.05, 0) is 50.0 Å². The van der Waals surface area contributed by atoms with Crippen LogP contribution < -0.4 is 14.8 Å². The number of unbranched alkanes of at least 4 members (excludes halogenated alkanes) is 1. The Hall–Kier alpha value is -1.22. The van der Waals surface area contributed by atoms with Gasteiger partial charge in [0.25, 0.3) is 0 Å². The average molecular weight is 235 g/mol. The largest absolute Gasteiger partial charge is 0.454 e. The van der Waals surface area contributed by atoms with Gasteiger partial charge in [-0.2, -0.15) is 0 Å². The molecule has 0 saturated heterocycles. The molecule has 94 valence electrons. The van der Waals surface area contributed by atoms with E-state index in [1.165, 1.54) is 24.8 Å². The normalized spacial score (nSPS) is 13.0. The first kappa shape index (κ1) is 12.2. The number of hydrogen-bond acceptors (Lipinski definition) is 3. The summed E-state index contributed by atoms with van der Waals surface area (Å²) in [5.74, 6) is 1.76. The SMILES string of the molecule is CCCCNCCCc1ccc2c(c1)OCO2. The quantitative estimate of drug-likeness (QED) is 0.737. The van der Waals surface area contributed by atoms with Gasteiger partial charge in [-0.25, -0.2) is 0 Å². The zero-order valence-corrected chi connectivity index (χ0v) is 10.5. The molecule has 3 nitrogen and oxygen atoms in total. The molecule has 0 bridgehead atoms. The minimum atomic E-state index is 0.358. The van der Waals surface area contributed by atoms with Gasteiger partial charge in [0.15, 0.2) is 11.5 Å². The second kappa shape index (κ2) is 6.50. The number of benzene rings is 1. The fourth-order valence-corrected chi connectivity index (χ4v) is 1.94. The molecule has 1 N–H and O–H groups in total. The molecule has 2 rings (SSSR count). The van der Waals surface area contributed by atoms with Crippen LogP contribution in [-0.2, 0) is 6.42 Å². The van der Waals surface area contributed by atoms with Gasteiger partial charge in [0, 0.05) is 0 Å². The molecular weight excluding hydrogens is 214 g/mol. The van der Waals surface area contributed by atoms with E-state index in [1.54, 1.807) is 0 Å². The number of ether oxygens (including phenoxy) is 2. The summed E-state index contributed by atoms with van der Waals surface area (Å²) in [6, 6.07) is 6.22. The number of hydrogen-bond donors (Lipinski definition) is 1. The number of nitrogens with one attached hydrogen (secondary N) is 1. The maximum Gasteiger partial charge on any atom is 0.231 e. The summed E-state index contributed by atoms with van der Waals surface area (Å²) in [6.07, 6.45) is 4.79. The maximum absolute atomic E-state index is 5.36. The Morgan fingerprint density at radius 1 is 1.12 bits per heavy atom. The van der Waals surface area contributed by atoms with Gasteiger partial charge in [0.05, 0.1) is 0 Å². The van der Waals surface area contributed by atoms with Gasteiger partial charge in [0.1, 0.15) is 0 Å². The Morgan fingerprint density at radius 3 is 2.82 bits per heavy atom. The molecule has 0 aliphatic carbocycles. The Morgan fingerprint density at radius 2 is 1.94 bits per heavy atom. The summed E-state index contributed by atoms with van der Waals surface area (Å²) in [5.41, 5.74) is 1.33. The van der Waals surface area contributed by atoms with Crippen LogP contribution in [0.25, 0.3) is 0 Å². The molecular formula is C14H21NO2. The van der Waals surface area contributed by atoms with Gasteiger partial charge in [-0.3, -0.25) is 0 Å². The highest BCUT2D eigenvalue weighted by Gasteiger charge is 2.12. The van der Waals surface area contributed by atoms with Crippen LogP contribution in [0.1, 0.15) is 31.7 Å². The molecule has 0 spiro atoms. The molecule has 3 heteroatoms. The molecule has 0 radical (unpaired) electrons. The molecule has 0 saturated carbocycles. The van der Waals surface area contributed by atoms with E-state index in [-0.39, 0.29) is 0 Å². The van der Waals surface area contributed by atoms with Gasteiger partial charge in [0.2, 0.25) is 6.79 Å². The van der Waals surface area contributed by atoms with Gasteiger partial charge < -0.3 is 14.8 Å². The summed E-state index contributed by atoms with van der Waals surface area (Å²) < 4.78 is 10.6. The summed E-state index contributed by atoms with van der Waals surface area (Å²) in [7, 11) is 0. The monoisotopic (exact) mass is 235 g/mol. The average Bonchev–Trinajstić information content (AvgIpc) is 2.81. The lowest BCUT2D eigenvalue weighted by molar-refractivity contribution is 0.174. The summed E-state index contributed by atoms with van der Waals surface area (Å²) in [6.45, 7) is 4.80. The maximum atomic E-state index is 5.36. The molecule has 0 unspecified atom stereocenters. The van der Waals surface area contributed by atoms with Crippen molar-refractivity contribution in [1.82, 2.24) is 5.32 Å². The van der Waals surface area contributed by atoms with Crippen LogP contribution in [0.2, 0.25) is 0 Å². The lowest BCUT2D eigenvalue weighted by Crippen LogP contribution is -2.16. The molecule has 1 aliphatic heterocycles. The highest BCUT2D eigenvalue weighted by atomic mass is 16.7. The predicted octanol–water partition coefficient (Wildman–Crippen LogP) is 2.74. The van der Waals surface area contributed by atoms with E-state index >= 15 is 0 Å². The third kappa shape index (κ3) is 3.63. The van der Waals surface area contributed by atoms with Crippen molar-refractivity contribution in [2.45, 2.75) is 32.6 Å². The van der Waals surface area contributed by atoms with Gasteiger partial charge in [-0.15, -0.1) is 0 Å².